The number of carbonyl (C=O) groups excluding carboxylic acids is 3. The van der Waals surface area contributed by atoms with Gasteiger partial charge in [0.2, 0.25) is 6.08 Å². The summed E-state index contributed by atoms with van der Waals surface area (Å²) in [5.41, 5.74) is -0.00617. The Morgan fingerprint density at radius 2 is 1.57 bits per heavy atom. The van der Waals surface area contributed by atoms with E-state index in [-0.39, 0.29) is 58.8 Å². The Kier molecular flexibility index (Phi) is 15.5. The van der Waals surface area contributed by atoms with Crippen LogP contribution in [-0.2, 0) is 28.6 Å². The molecule has 2 aliphatic carbocycles. The smallest absolute Gasteiger partial charge is 0.306 e. The maximum atomic E-state index is 12.5. The van der Waals surface area contributed by atoms with E-state index in [0.29, 0.717) is 31.7 Å². The summed E-state index contributed by atoms with van der Waals surface area (Å²) in [4.78, 5) is 39.4. The third kappa shape index (κ3) is 14.9. The normalized spacial score (nSPS) is 27.7. The van der Waals surface area contributed by atoms with Crippen LogP contribution < -0.4 is 0 Å². The van der Waals surface area contributed by atoms with Crippen molar-refractivity contribution in [2.24, 2.45) is 38.5 Å². The number of nitrogens with zero attached hydrogens (tertiary/aromatic N) is 2. The summed E-state index contributed by atoms with van der Waals surface area (Å²) < 4.78 is 16.2. The van der Waals surface area contributed by atoms with Crippen molar-refractivity contribution in [2.45, 2.75) is 125 Å². The van der Waals surface area contributed by atoms with E-state index in [2.05, 4.69) is 53.1 Å². The lowest BCUT2D eigenvalue weighted by molar-refractivity contribution is -0.145. The van der Waals surface area contributed by atoms with Crippen LogP contribution in [0.5, 0.6) is 0 Å². The molecule has 0 aromatic heterocycles. The van der Waals surface area contributed by atoms with Crippen LogP contribution in [0.3, 0.4) is 0 Å². The molecule has 0 heterocycles. The van der Waals surface area contributed by atoms with Gasteiger partial charge in [-0.15, -0.1) is 6.58 Å². The molecule has 8 heteroatoms. The summed E-state index contributed by atoms with van der Waals surface area (Å²) in [6, 6.07) is 0. The summed E-state index contributed by atoms with van der Waals surface area (Å²) in [6.45, 7) is 18.0. The fourth-order valence-electron chi connectivity index (χ4n) is 8.44. The molecule has 2 aliphatic rings. The molecular formula is C38H58N2O6. The van der Waals surface area contributed by atoms with Gasteiger partial charge in [0.15, 0.2) is 0 Å². The number of hydrogen-bond acceptors (Lipinski definition) is 8. The summed E-state index contributed by atoms with van der Waals surface area (Å²) >= 11 is 0. The molecule has 0 saturated heterocycles. The molecule has 0 amide bonds. The summed E-state index contributed by atoms with van der Waals surface area (Å²) in [7, 11) is 0. The highest BCUT2D eigenvalue weighted by Crippen LogP contribution is 2.50. The first-order valence-corrected chi connectivity index (χ1v) is 16.9. The zero-order valence-corrected chi connectivity index (χ0v) is 29.3. The summed E-state index contributed by atoms with van der Waals surface area (Å²) in [5, 5.41) is 8.96. The highest BCUT2D eigenvalue weighted by atomic mass is 16.5. The molecule has 0 aliphatic heterocycles. The van der Waals surface area contributed by atoms with Crippen LogP contribution in [0.1, 0.15) is 119 Å². The zero-order valence-electron chi connectivity index (χ0n) is 29.3. The van der Waals surface area contributed by atoms with Gasteiger partial charge in [-0.05, 0) is 97.7 Å². The van der Waals surface area contributed by atoms with Gasteiger partial charge in [-0.3, -0.25) is 9.59 Å². The molecule has 2 rings (SSSR count). The van der Waals surface area contributed by atoms with Crippen LogP contribution in [0.25, 0.3) is 0 Å². The van der Waals surface area contributed by atoms with Crippen LogP contribution in [0.4, 0.5) is 0 Å². The Morgan fingerprint density at radius 3 is 2.24 bits per heavy atom. The minimum absolute atomic E-state index is 0.0600. The molecule has 2 saturated carbocycles. The molecule has 2 fully saturated rings. The molecule has 0 aromatic carbocycles. The molecular weight excluding hydrogens is 580 g/mol. The van der Waals surface area contributed by atoms with Gasteiger partial charge in [0.1, 0.15) is 19.3 Å². The average Bonchev–Trinajstić information content (AvgIpc) is 2.93. The highest BCUT2D eigenvalue weighted by Gasteiger charge is 2.43. The van der Waals surface area contributed by atoms with Gasteiger partial charge in [-0.2, -0.15) is 5.26 Å². The Hall–Kier alpha value is -3.17. The summed E-state index contributed by atoms with van der Waals surface area (Å²) in [6.07, 6.45) is 22.6. The molecule has 5 atom stereocenters. The molecule has 8 nitrogen and oxygen atoms in total. The number of allylic oxidation sites excluding steroid dienone is 3. The van der Waals surface area contributed by atoms with Crippen molar-refractivity contribution in [3.63, 3.8) is 0 Å². The largest absolute Gasteiger partial charge is 0.461 e. The Labute approximate surface area is 277 Å². The predicted molar refractivity (Wildman–Crippen MR) is 180 cm³/mol. The van der Waals surface area contributed by atoms with Gasteiger partial charge in [0, 0.05) is 12.8 Å². The molecule has 256 valence electrons. The highest BCUT2D eigenvalue weighted by molar-refractivity contribution is 5.70. The minimum atomic E-state index is -0.205. The second-order valence-electron chi connectivity index (χ2n) is 16.0. The van der Waals surface area contributed by atoms with Crippen molar-refractivity contribution >= 4 is 18.0 Å². The average molecular weight is 639 g/mol. The standard InChI is InChI=1S/C38H58N2O6/c1-8-30(15-11-13-19-44-33(42)16-17-37(6)24-32(46-28-39)23-36(4,5)25-37)14-10-9-12-18-45-34(43)20-31-21-35(2,3)26-38(7,22-31)27-40-29-41/h8-9,11-13,30-32H,1,10,14-27H2,2-7H3/b12-9+,13-11-. The van der Waals surface area contributed by atoms with Gasteiger partial charge >= 0.3 is 11.9 Å². The van der Waals surface area contributed by atoms with Crippen LogP contribution in [0.15, 0.2) is 42.0 Å². The van der Waals surface area contributed by atoms with E-state index in [0.717, 1.165) is 57.8 Å². The van der Waals surface area contributed by atoms with Crippen LogP contribution >= 0.6 is 0 Å². The molecule has 46 heavy (non-hydrogen) atoms. The lowest BCUT2D eigenvalue weighted by Crippen LogP contribution is -2.39. The van der Waals surface area contributed by atoms with Crippen molar-refractivity contribution in [3.8, 4) is 6.26 Å². The van der Waals surface area contributed by atoms with E-state index in [1.54, 1.807) is 6.08 Å². The molecule has 0 N–H and O–H groups in total. The first-order valence-electron chi connectivity index (χ1n) is 16.9. The minimum Gasteiger partial charge on any atom is -0.461 e. The van der Waals surface area contributed by atoms with Gasteiger partial charge in [-0.1, -0.05) is 71.9 Å². The molecule has 0 bridgehead atoms. The number of rotatable bonds is 18. The van der Waals surface area contributed by atoms with E-state index in [1.807, 2.05) is 36.6 Å². The second-order valence-corrected chi connectivity index (χ2v) is 16.0. The molecule has 0 spiro atoms. The van der Waals surface area contributed by atoms with Gasteiger partial charge in [0.05, 0.1) is 6.54 Å². The third-order valence-corrected chi connectivity index (χ3v) is 9.56. The lowest BCUT2D eigenvalue weighted by atomic mass is 9.60. The van der Waals surface area contributed by atoms with Crippen molar-refractivity contribution in [1.82, 2.24) is 0 Å². The predicted octanol–water partition coefficient (Wildman–Crippen LogP) is 8.58. The van der Waals surface area contributed by atoms with Gasteiger partial charge in [0.25, 0.3) is 6.26 Å². The Morgan fingerprint density at radius 1 is 0.913 bits per heavy atom. The van der Waals surface area contributed by atoms with Crippen molar-refractivity contribution in [3.05, 3.63) is 37.0 Å². The van der Waals surface area contributed by atoms with Gasteiger partial charge in [-0.25, -0.2) is 9.79 Å². The SMILES string of the molecule is C=CC(C/C=C\COC(=O)CCC1(C)CC(OC#N)CC(C)(C)C1)CC/C=C/COC(=O)CC1CC(C)(C)CC(C)(CN=C=O)C1. The van der Waals surface area contributed by atoms with Gasteiger partial charge < -0.3 is 14.2 Å². The first-order chi connectivity index (χ1) is 21.6. The van der Waals surface area contributed by atoms with Crippen LogP contribution in [-0.4, -0.2) is 43.9 Å². The van der Waals surface area contributed by atoms with E-state index >= 15 is 0 Å². The number of esters is 2. The maximum absolute atomic E-state index is 12.5. The van der Waals surface area contributed by atoms with E-state index in [9.17, 15) is 14.4 Å². The lowest BCUT2D eigenvalue weighted by Gasteiger charge is -2.45. The Bertz CT molecular complexity index is 1160. The first kappa shape index (κ1) is 39.0. The van der Waals surface area contributed by atoms with Crippen molar-refractivity contribution < 1.29 is 28.6 Å². The van der Waals surface area contributed by atoms with Crippen LogP contribution in [0.2, 0.25) is 0 Å². The van der Waals surface area contributed by atoms with E-state index in [1.165, 1.54) is 0 Å². The number of hydrogen-bond donors (Lipinski definition) is 0. The fraction of sp³-hybridized carbons (Fsp3) is 0.737. The maximum Gasteiger partial charge on any atom is 0.306 e. The topological polar surface area (TPSA) is 115 Å². The number of carbonyl (C=O) groups is 2. The monoisotopic (exact) mass is 638 g/mol. The number of aliphatic imine (C=N–C) groups is 1. The fourth-order valence-corrected chi connectivity index (χ4v) is 8.44. The third-order valence-electron chi connectivity index (χ3n) is 9.56. The quantitative estimate of drug-likeness (QED) is 0.0485. The number of isocyanates is 1. The van der Waals surface area contributed by atoms with Crippen molar-refractivity contribution in [2.75, 3.05) is 19.8 Å². The molecule has 0 radical (unpaired) electrons. The van der Waals surface area contributed by atoms with E-state index < -0.39 is 0 Å². The molecule has 0 aromatic rings. The zero-order chi connectivity index (χ0) is 34.3. The Balaban J connectivity index is 1.62. The van der Waals surface area contributed by atoms with Crippen LogP contribution in [0, 0.1) is 45.0 Å². The molecule has 5 unspecified atom stereocenters. The number of nitriles is 1. The van der Waals surface area contributed by atoms with E-state index in [4.69, 9.17) is 19.5 Å². The number of ether oxygens (including phenoxy) is 3. The second kappa shape index (κ2) is 18.2. The van der Waals surface area contributed by atoms with Crippen molar-refractivity contribution in [1.29, 1.82) is 5.26 Å². The summed E-state index contributed by atoms with van der Waals surface area (Å²) in [5.74, 6) is 0.122.